The average Bonchev–Trinajstić information content (AvgIpc) is 2.91. The Kier molecular flexibility index (Phi) is 3.32. The highest BCUT2D eigenvalue weighted by Crippen LogP contribution is 2.43. The highest BCUT2D eigenvalue weighted by atomic mass is 14.5. The van der Waals surface area contributed by atoms with Gasteiger partial charge in [-0.1, -0.05) is 85.0 Å². The number of fused-ring (bicyclic) bond motifs is 3. The van der Waals surface area contributed by atoms with Crippen LogP contribution in [0.2, 0.25) is 0 Å². The van der Waals surface area contributed by atoms with Crippen LogP contribution in [0.15, 0.2) is 84.9 Å². The number of allylic oxidation sites excluding steroid dienone is 2. The minimum absolute atomic E-state index is 0.800. The van der Waals surface area contributed by atoms with Crippen molar-refractivity contribution >= 4 is 17.3 Å². The monoisotopic (exact) mass is 295 g/mol. The summed E-state index contributed by atoms with van der Waals surface area (Å²) >= 11 is 0. The number of nitrogen functional groups attached to an aromatic ring is 1. The second-order valence-corrected chi connectivity index (χ2v) is 5.66. The molecule has 4 rings (SSSR count). The van der Waals surface area contributed by atoms with Crippen LogP contribution in [0.3, 0.4) is 0 Å². The van der Waals surface area contributed by atoms with Crippen LogP contribution in [0.5, 0.6) is 0 Å². The van der Waals surface area contributed by atoms with Crippen molar-refractivity contribution in [3.05, 3.63) is 102 Å². The van der Waals surface area contributed by atoms with Gasteiger partial charge in [0, 0.05) is 5.69 Å². The van der Waals surface area contributed by atoms with Crippen molar-refractivity contribution in [2.24, 2.45) is 0 Å². The number of anilines is 1. The Morgan fingerprint density at radius 2 is 1.13 bits per heavy atom. The summed E-state index contributed by atoms with van der Waals surface area (Å²) in [4.78, 5) is 0. The van der Waals surface area contributed by atoms with Crippen molar-refractivity contribution in [3.63, 3.8) is 0 Å². The van der Waals surface area contributed by atoms with Crippen molar-refractivity contribution in [1.82, 2.24) is 0 Å². The van der Waals surface area contributed by atoms with Crippen LogP contribution >= 0.6 is 0 Å². The van der Waals surface area contributed by atoms with Gasteiger partial charge >= 0.3 is 0 Å². The maximum atomic E-state index is 6.00. The lowest BCUT2D eigenvalue weighted by molar-refractivity contribution is 1.63. The van der Waals surface area contributed by atoms with Gasteiger partial charge < -0.3 is 5.73 Å². The highest BCUT2D eigenvalue weighted by Gasteiger charge is 2.21. The van der Waals surface area contributed by atoms with E-state index in [0.717, 1.165) is 11.3 Å². The van der Waals surface area contributed by atoms with Gasteiger partial charge in [0.25, 0.3) is 0 Å². The van der Waals surface area contributed by atoms with E-state index >= 15 is 0 Å². The number of para-hydroxylation sites is 1. The Morgan fingerprint density at radius 1 is 0.609 bits per heavy atom. The van der Waals surface area contributed by atoms with Crippen LogP contribution in [0.1, 0.15) is 16.7 Å². The molecule has 3 aromatic carbocycles. The minimum Gasteiger partial charge on any atom is -0.398 e. The van der Waals surface area contributed by atoms with E-state index in [0.29, 0.717) is 0 Å². The quantitative estimate of drug-likeness (QED) is 0.493. The predicted octanol–water partition coefficient (Wildman–Crippen LogP) is 5.39. The Morgan fingerprint density at radius 3 is 1.74 bits per heavy atom. The minimum atomic E-state index is 0.800. The van der Waals surface area contributed by atoms with E-state index in [-0.39, 0.29) is 0 Å². The van der Waals surface area contributed by atoms with Crippen LogP contribution < -0.4 is 5.73 Å². The Balaban J connectivity index is 1.78. The van der Waals surface area contributed by atoms with E-state index in [9.17, 15) is 0 Å². The maximum absolute atomic E-state index is 6.00. The summed E-state index contributed by atoms with van der Waals surface area (Å²) in [6.45, 7) is 0. The van der Waals surface area contributed by atoms with Gasteiger partial charge in [0.15, 0.2) is 0 Å². The fraction of sp³-hybridized carbons (Fsp3) is 0. The second kappa shape index (κ2) is 5.62. The molecule has 0 saturated heterocycles. The van der Waals surface area contributed by atoms with E-state index in [1.165, 1.54) is 27.8 Å². The predicted molar refractivity (Wildman–Crippen MR) is 98.8 cm³/mol. The molecule has 0 fully saturated rings. The van der Waals surface area contributed by atoms with Crippen molar-refractivity contribution in [1.29, 1.82) is 0 Å². The van der Waals surface area contributed by atoms with E-state index in [2.05, 4.69) is 66.8 Å². The largest absolute Gasteiger partial charge is 0.398 e. The Hall–Kier alpha value is -3.06. The summed E-state index contributed by atoms with van der Waals surface area (Å²) in [6, 6.07) is 25.0. The van der Waals surface area contributed by atoms with Gasteiger partial charge in [0.1, 0.15) is 0 Å². The molecular weight excluding hydrogens is 278 g/mol. The van der Waals surface area contributed by atoms with Gasteiger partial charge in [-0.05, 0) is 39.5 Å². The van der Waals surface area contributed by atoms with E-state index in [1.807, 2.05) is 24.3 Å². The van der Waals surface area contributed by atoms with Crippen LogP contribution in [0, 0.1) is 0 Å². The SMILES string of the molecule is Nc1ccccc1/C=C\C=C1c2ccccc2-c2ccccc21. The first-order valence-electron chi connectivity index (χ1n) is 7.76. The molecule has 0 radical (unpaired) electrons. The second-order valence-electron chi connectivity index (χ2n) is 5.66. The molecule has 0 unspecified atom stereocenters. The van der Waals surface area contributed by atoms with Crippen LogP contribution in [0.4, 0.5) is 5.69 Å². The van der Waals surface area contributed by atoms with Gasteiger partial charge in [-0.25, -0.2) is 0 Å². The Bertz CT molecular complexity index is 884. The summed E-state index contributed by atoms with van der Waals surface area (Å²) < 4.78 is 0. The zero-order chi connectivity index (χ0) is 15.6. The first-order chi connectivity index (χ1) is 11.3. The van der Waals surface area contributed by atoms with Gasteiger partial charge in [0.05, 0.1) is 0 Å². The summed E-state index contributed by atoms with van der Waals surface area (Å²) in [5, 5.41) is 0. The molecule has 0 aliphatic heterocycles. The van der Waals surface area contributed by atoms with Gasteiger partial charge in [-0.3, -0.25) is 0 Å². The lowest BCUT2D eigenvalue weighted by Gasteiger charge is -2.01. The fourth-order valence-electron chi connectivity index (χ4n) is 3.14. The molecule has 0 spiro atoms. The lowest BCUT2D eigenvalue weighted by atomic mass is 10.0. The van der Waals surface area contributed by atoms with E-state index < -0.39 is 0 Å². The van der Waals surface area contributed by atoms with Crippen molar-refractivity contribution in [2.75, 3.05) is 5.73 Å². The summed E-state index contributed by atoms with van der Waals surface area (Å²) in [6.07, 6.45) is 6.32. The molecule has 1 heteroatoms. The first kappa shape index (κ1) is 13.6. The smallest absolute Gasteiger partial charge is 0.0387 e. The molecule has 0 saturated carbocycles. The van der Waals surface area contributed by atoms with Crippen LogP contribution in [-0.4, -0.2) is 0 Å². The molecule has 23 heavy (non-hydrogen) atoms. The molecule has 1 aliphatic carbocycles. The third-order valence-electron chi connectivity index (χ3n) is 4.26. The zero-order valence-corrected chi connectivity index (χ0v) is 12.7. The fourth-order valence-corrected chi connectivity index (χ4v) is 3.14. The molecule has 3 aromatic rings. The number of hydrogen-bond acceptors (Lipinski definition) is 1. The molecule has 0 heterocycles. The average molecular weight is 295 g/mol. The Labute approximate surface area is 136 Å². The third kappa shape index (κ3) is 2.36. The summed E-state index contributed by atoms with van der Waals surface area (Å²) in [5.41, 5.74) is 14.3. The molecule has 0 bridgehead atoms. The molecule has 0 aromatic heterocycles. The summed E-state index contributed by atoms with van der Waals surface area (Å²) in [7, 11) is 0. The van der Waals surface area contributed by atoms with E-state index in [1.54, 1.807) is 0 Å². The normalized spacial score (nSPS) is 12.3. The number of hydrogen-bond donors (Lipinski definition) is 1. The topological polar surface area (TPSA) is 26.0 Å². The molecule has 1 aliphatic rings. The zero-order valence-electron chi connectivity index (χ0n) is 12.7. The van der Waals surface area contributed by atoms with Crippen LogP contribution in [-0.2, 0) is 0 Å². The molecule has 0 amide bonds. The highest BCUT2D eigenvalue weighted by molar-refractivity contribution is 6.01. The molecule has 1 nitrogen and oxygen atoms in total. The van der Waals surface area contributed by atoms with Crippen molar-refractivity contribution in [2.45, 2.75) is 0 Å². The standard InChI is InChI=1S/C22H17N/c23-22-15-6-1-8-16(22)9-7-14-21-19-12-4-2-10-17(19)18-11-3-5-13-20(18)21/h1-15H,23H2/b9-7-. The van der Waals surface area contributed by atoms with Crippen molar-refractivity contribution < 1.29 is 0 Å². The van der Waals surface area contributed by atoms with Gasteiger partial charge in [-0.15, -0.1) is 0 Å². The summed E-state index contributed by atoms with van der Waals surface area (Å²) in [5.74, 6) is 0. The molecule has 2 N–H and O–H groups in total. The number of nitrogens with two attached hydrogens (primary N) is 1. The number of benzene rings is 3. The molecule has 0 atom stereocenters. The first-order valence-corrected chi connectivity index (χ1v) is 7.76. The number of rotatable bonds is 2. The molecular formula is C22H17N. The lowest BCUT2D eigenvalue weighted by Crippen LogP contribution is -1.87. The van der Waals surface area contributed by atoms with Gasteiger partial charge in [-0.2, -0.15) is 0 Å². The molecule has 110 valence electrons. The van der Waals surface area contributed by atoms with Gasteiger partial charge in [0.2, 0.25) is 0 Å². The third-order valence-corrected chi connectivity index (χ3v) is 4.26. The van der Waals surface area contributed by atoms with Crippen molar-refractivity contribution in [3.8, 4) is 11.1 Å². The van der Waals surface area contributed by atoms with Crippen LogP contribution in [0.25, 0.3) is 22.8 Å². The maximum Gasteiger partial charge on any atom is 0.0387 e. The van der Waals surface area contributed by atoms with E-state index in [4.69, 9.17) is 5.73 Å².